The van der Waals surface area contributed by atoms with Crippen molar-refractivity contribution in [2.45, 2.75) is 69.5 Å². The molecule has 5 atom stereocenters. The fourth-order valence-corrected chi connectivity index (χ4v) is 4.45. The Bertz CT molecular complexity index is 623. The van der Waals surface area contributed by atoms with Crippen LogP contribution in [0.5, 0.6) is 0 Å². The number of ether oxygens (including phenoxy) is 1. The van der Waals surface area contributed by atoms with Gasteiger partial charge in [0.25, 0.3) is 5.91 Å². The quantitative estimate of drug-likeness (QED) is 0.368. The van der Waals surface area contributed by atoms with Gasteiger partial charge in [-0.05, 0) is 19.8 Å². The molecule has 28 heavy (non-hydrogen) atoms. The summed E-state index contributed by atoms with van der Waals surface area (Å²) in [4.78, 5) is 28.6. The summed E-state index contributed by atoms with van der Waals surface area (Å²) >= 11 is 1.12. The summed E-state index contributed by atoms with van der Waals surface area (Å²) < 4.78 is 6.00. The minimum absolute atomic E-state index is 0.0389. The molecule has 160 valence electrons. The van der Waals surface area contributed by atoms with Crippen LogP contribution in [0.2, 0.25) is 0 Å². The molecule has 2 aliphatic heterocycles. The third-order valence-corrected chi connectivity index (χ3v) is 6.24. The maximum atomic E-state index is 12.7. The summed E-state index contributed by atoms with van der Waals surface area (Å²) in [5, 5.41) is 40.8. The summed E-state index contributed by atoms with van der Waals surface area (Å²) in [7, 11) is 1.31. The van der Waals surface area contributed by atoms with Crippen LogP contribution in [0.25, 0.3) is 0 Å². The maximum Gasteiger partial charge on any atom is 0.333 e. The molecule has 0 aliphatic carbocycles. The van der Waals surface area contributed by atoms with E-state index in [-0.39, 0.29) is 22.8 Å². The molecular weight excluding hydrogens is 390 g/mol. The number of carbonyl (C=O) groups excluding carboxylic acids is 1. The molecule has 0 aromatic heterocycles. The second-order valence-corrected chi connectivity index (χ2v) is 8.30. The third kappa shape index (κ3) is 4.46. The highest BCUT2D eigenvalue weighted by atomic mass is 32.2. The smallest absolute Gasteiger partial charge is 0.333 e. The molecule has 2 heterocycles. The van der Waals surface area contributed by atoms with E-state index >= 15 is 0 Å². The topological polar surface area (TPSA) is 137 Å². The first-order valence-corrected chi connectivity index (χ1v) is 10.5. The Kier molecular flexibility index (Phi) is 7.74. The molecular formula is C18H29NO8S. The largest absolute Gasteiger partial charge is 0.489 e. The molecule has 0 spiro atoms. The first-order valence-electron chi connectivity index (χ1n) is 9.34. The minimum atomic E-state index is -1.62. The molecule has 9 nitrogen and oxygen atoms in total. The summed E-state index contributed by atoms with van der Waals surface area (Å²) in [5.41, 5.74) is -1.66. The van der Waals surface area contributed by atoms with Gasteiger partial charge in [-0.3, -0.25) is 9.63 Å². The van der Waals surface area contributed by atoms with E-state index in [1.165, 1.54) is 14.0 Å². The second-order valence-electron chi connectivity index (χ2n) is 7.23. The number of amides is 1. The van der Waals surface area contributed by atoms with E-state index in [1.807, 2.05) is 0 Å². The van der Waals surface area contributed by atoms with Crippen LogP contribution in [0.1, 0.15) is 39.5 Å². The van der Waals surface area contributed by atoms with E-state index in [1.54, 1.807) is 0 Å². The normalized spacial score (nSPS) is 31.0. The number of aliphatic hydroxyl groups is 3. The fourth-order valence-electron chi connectivity index (χ4n) is 3.43. The molecule has 2 aliphatic rings. The van der Waals surface area contributed by atoms with Gasteiger partial charge in [-0.2, -0.15) is 11.8 Å². The summed E-state index contributed by atoms with van der Waals surface area (Å²) in [6.07, 6.45) is -0.360. The second kappa shape index (κ2) is 9.45. The van der Waals surface area contributed by atoms with Crippen LogP contribution in [0.15, 0.2) is 11.3 Å². The average molecular weight is 419 g/mol. The molecule has 0 radical (unpaired) electrons. The number of hydrogen-bond acceptors (Lipinski definition) is 8. The van der Waals surface area contributed by atoms with Crippen molar-refractivity contribution in [1.82, 2.24) is 5.06 Å². The molecule has 4 N–H and O–H groups in total. The van der Waals surface area contributed by atoms with Gasteiger partial charge in [-0.15, -0.1) is 0 Å². The average Bonchev–Trinajstić information content (AvgIpc) is 2.90. The number of hydroxylamine groups is 2. The minimum Gasteiger partial charge on any atom is -0.489 e. The molecule has 2 rings (SSSR count). The molecule has 0 aromatic rings. The van der Waals surface area contributed by atoms with E-state index in [4.69, 9.17) is 14.7 Å². The van der Waals surface area contributed by atoms with Crippen LogP contribution in [0, 0.1) is 0 Å². The van der Waals surface area contributed by atoms with Gasteiger partial charge in [-0.25, -0.2) is 9.86 Å². The van der Waals surface area contributed by atoms with E-state index in [0.717, 1.165) is 36.1 Å². The maximum absolute atomic E-state index is 12.7. The molecule has 0 unspecified atom stereocenters. The Morgan fingerprint density at radius 3 is 2.68 bits per heavy atom. The van der Waals surface area contributed by atoms with Crippen molar-refractivity contribution in [3.8, 4) is 0 Å². The predicted octanol–water partition coefficient (Wildman–Crippen LogP) is 0.282. The van der Waals surface area contributed by atoms with Gasteiger partial charge < -0.3 is 25.2 Å². The third-order valence-electron chi connectivity index (χ3n) is 5.13. The van der Waals surface area contributed by atoms with Crippen LogP contribution in [-0.4, -0.2) is 85.9 Å². The molecule has 0 saturated heterocycles. The molecule has 0 aromatic carbocycles. The number of carbonyl (C=O) groups is 2. The van der Waals surface area contributed by atoms with Gasteiger partial charge in [-0.1, -0.05) is 19.8 Å². The number of aliphatic carboxylic acids is 1. The number of rotatable bonds is 10. The molecule has 0 fully saturated rings. The zero-order valence-corrected chi connectivity index (χ0v) is 17.1. The lowest BCUT2D eigenvalue weighted by Gasteiger charge is -2.41. The molecule has 0 bridgehead atoms. The fraction of sp³-hybridized carbons (Fsp3) is 0.778. The number of thioether (sulfide) groups is 1. The molecule has 1 amide bonds. The van der Waals surface area contributed by atoms with Crippen molar-refractivity contribution in [2.24, 2.45) is 0 Å². The Labute approximate surface area is 168 Å². The number of nitrogens with zero attached hydrogens (tertiary/aromatic N) is 1. The monoisotopic (exact) mass is 419 g/mol. The SMILES string of the molecule is CCCCC[C@H]1OC2=C(C(=O)N(OC)[C@H]2CSC[C@H](O)C(=O)O)[C@@H](O)[C@@]1(C)O. The highest BCUT2D eigenvalue weighted by molar-refractivity contribution is 7.99. The van der Waals surface area contributed by atoms with Crippen molar-refractivity contribution in [1.29, 1.82) is 0 Å². The van der Waals surface area contributed by atoms with Gasteiger partial charge >= 0.3 is 5.97 Å². The van der Waals surface area contributed by atoms with Crippen molar-refractivity contribution < 1.29 is 39.6 Å². The van der Waals surface area contributed by atoms with Crippen LogP contribution in [-0.2, 0) is 19.2 Å². The van der Waals surface area contributed by atoms with Crippen LogP contribution in [0.4, 0.5) is 0 Å². The highest BCUT2D eigenvalue weighted by Crippen LogP contribution is 2.42. The van der Waals surface area contributed by atoms with Gasteiger partial charge in [0.2, 0.25) is 0 Å². The van der Waals surface area contributed by atoms with Crippen molar-refractivity contribution in [2.75, 3.05) is 18.6 Å². The number of unbranched alkanes of at least 4 members (excludes halogenated alkanes) is 2. The first kappa shape index (κ1) is 23.0. The summed E-state index contributed by atoms with van der Waals surface area (Å²) in [6.45, 7) is 3.51. The van der Waals surface area contributed by atoms with E-state index in [0.29, 0.717) is 6.42 Å². The van der Waals surface area contributed by atoms with Gasteiger partial charge in [0.1, 0.15) is 29.6 Å². The van der Waals surface area contributed by atoms with E-state index < -0.39 is 41.8 Å². The van der Waals surface area contributed by atoms with Crippen molar-refractivity contribution in [3.05, 3.63) is 11.3 Å². The van der Waals surface area contributed by atoms with Crippen LogP contribution >= 0.6 is 11.8 Å². The number of carboxylic acid groups (broad SMARTS) is 1. The highest BCUT2D eigenvalue weighted by Gasteiger charge is 2.56. The van der Waals surface area contributed by atoms with Gasteiger partial charge in [0.15, 0.2) is 6.10 Å². The Balaban J connectivity index is 2.21. The predicted molar refractivity (Wildman–Crippen MR) is 101 cm³/mol. The molecule has 0 saturated carbocycles. The zero-order valence-electron chi connectivity index (χ0n) is 16.3. The number of hydrogen-bond donors (Lipinski definition) is 4. The van der Waals surface area contributed by atoms with Gasteiger partial charge in [0.05, 0.1) is 12.7 Å². The Morgan fingerprint density at radius 2 is 2.11 bits per heavy atom. The Hall–Kier alpha value is -1.33. The zero-order chi connectivity index (χ0) is 21.1. The first-order chi connectivity index (χ1) is 13.2. The number of aliphatic hydroxyl groups excluding tert-OH is 2. The van der Waals surface area contributed by atoms with E-state index in [2.05, 4.69) is 6.92 Å². The van der Waals surface area contributed by atoms with Crippen molar-refractivity contribution in [3.63, 3.8) is 0 Å². The Morgan fingerprint density at radius 1 is 1.43 bits per heavy atom. The molecule has 10 heteroatoms. The number of carboxylic acids is 1. The van der Waals surface area contributed by atoms with Crippen molar-refractivity contribution >= 4 is 23.6 Å². The standard InChI is InChI=1S/C18H29NO8S/c1-4-5-6-7-12-18(2,25)15(21)13-14(27-12)10(19(26-3)16(13)22)8-28-9-11(20)17(23)24/h10-12,15,20-21,25H,4-9H2,1-3H3,(H,23,24)/t10-,11-,12+,15+,18-/m0/s1. The van der Waals surface area contributed by atoms with Crippen LogP contribution in [0.3, 0.4) is 0 Å². The lowest BCUT2D eigenvalue weighted by Crippen LogP contribution is -2.55. The lowest BCUT2D eigenvalue weighted by molar-refractivity contribution is -0.176. The van der Waals surface area contributed by atoms with Gasteiger partial charge in [0, 0.05) is 11.5 Å². The lowest BCUT2D eigenvalue weighted by atomic mass is 9.82. The summed E-state index contributed by atoms with van der Waals surface area (Å²) in [6, 6.07) is -0.682. The van der Waals surface area contributed by atoms with Crippen LogP contribution < -0.4 is 0 Å². The summed E-state index contributed by atoms with van der Waals surface area (Å²) in [5.74, 6) is -1.54. The van der Waals surface area contributed by atoms with E-state index in [9.17, 15) is 24.9 Å².